The maximum absolute atomic E-state index is 12.7. The second-order valence-corrected chi connectivity index (χ2v) is 8.87. The minimum Gasteiger partial charge on any atom is -0.487 e. The van der Waals surface area contributed by atoms with Crippen LogP contribution in [0.15, 0.2) is 62.9 Å². The van der Waals surface area contributed by atoms with E-state index in [0.717, 1.165) is 37.4 Å². The van der Waals surface area contributed by atoms with E-state index in [2.05, 4.69) is 38.4 Å². The number of rotatable bonds is 6. The van der Waals surface area contributed by atoms with E-state index in [9.17, 15) is 9.59 Å². The summed E-state index contributed by atoms with van der Waals surface area (Å²) in [5, 5.41) is -0.262. The Morgan fingerprint density at radius 2 is 1.89 bits per heavy atom. The molecular formula is C21H17Br2NO3S. The molecule has 3 rings (SSSR count). The second-order valence-electron chi connectivity index (χ2n) is 6.17. The van der Waals surface area contributed by atoms with Gasteiger partial charge >= 0.3 is 0 Å². The first-order chi connectivity index (χ1) is 13.4. The van der Waals surface area contributed by atoms with Crippen LogP contribution in [-0.4, -0.2) is 22.7 Å². The van der Waals surface area contributed by atoms with Crippen LogP contribution < -0.4 is 4.74 Å². The van der Waals surface area contributed by atoms with Gasteiger partial charge in [-0.3, -0.25) is 14.5 Å². The van der Waals surface area contributed by atoms with Crippen LogP contribution in [0.5, 0.6) is 5.75 Å². The van der Waals surface area contributed by atoms with Gasteiger partial charge in [0.05, 0.1) is 20.4 Å². The number of amides is 2. The molecule has 1 fully saturated rings. The first-order valence-corrected chi connectivity index (χ1v) is 10.8. The molecule has 0 radical (unpaired) electrons. The summed E-state index contributed by atoms with van der Waals surface area (Å²) in [5.74, 6) is 0.375. The average molecular weight is 523 g/mol. The lowest BCUT2D eigenvalue weighted by Crippen LogP contribution is -2.27. The Morgan fingerprint density at radius 1 is 1.18 bits per heavy atom. The van der Waals surface area contributed by atoms with Gasteiger partial charge in [0.15, 0.2) is 0 Å². The Labute approximate surface area is 184 Å². The molecule has 1 aliphatic rings. The molecule has 0 aliphatic carbocycles. The van der Waals surface area contributed by atoms with Gasteiger partial charge in [-0.2, -0.15) is 0 Å². The zero-order valence-electron chi connectivity index (χ0n) is 15.1. The number of nitrogens with zero attached hydrogens (tertiary/aromatic N) is 1. The molecule has 144 valence electrons. The number of carbonyl (C=O) groups is 2. The molecule has 0 spiro atoms. The molecular weight excluding hydrogens is 506 g/mol. The third-order valence-corrected chi connectivity index (χ3v) is 6.05. The molecule has 2 aromatic carbocycles. The largest absolute Gasteiger partial charge is 0.487 e. The predicted octanol–water partition coefficient (Wildman–Crippen LogP) is 6.32. The van der Waals surface area contributed by atoms with Crippen LogP contribution in [0.25, 0.3) is 6.08 Å². The highest BCUT2D eigenvalue weighted by molar-refractivity contribution is 9.11. The van der Waals surface area contributed by atoms with Crippen molar-refractivity contribution < 1.29 is 14.3 Å². The lowest BCUT2D eigenvalue weighted by molar-refractivity contribution is -0.123. The van der Waals surface area contributed by atoms with E-state index < -0.39 is 0 Å². The van der Waals surface area contributed by atoms with Gasteiger partial charge < -0.3 is 4.74 Å². The summed E-state index contributed by atoms with van der Waals surface area (Å²) in [6, 6.07) is 11.5. The van der Waals surface area contributed by atoms with Gasteiger partial charge in [0.25, 0.3) is 11.1 Å². The fraction of sp³-hybridized carbons (Fsp3) is 0.143. The van der Waals surface area contributed by atoms with E-state index in [0.29, 0.717) is 17.3 Å². The van der Waals surface area contributed by atoms with Crippen molar-refractivity contribution in [2.24, 2.45) is 0 Å². The quantitative estimate of drug-likeness (QED) is 0.329. The highest BCUT2D eigenvalue weighted by Crippen LogP contribution is 2.38. The molecule has 1 aliphatic heterocycles. The molecule has 2 aromatic rings. The Morgan fingerprint density at radius 3 is 2.54 bits per heavy atom. The highest BCUT2D eigenvalue weighted by atomic mass is 79.9. The predicted molar refractivity (Wildman–Crippen MR) is 120 cm³/mol. The number of imide groups is 1. The van der Waals surface area contributed by atoms with Crippen LogP contribution in [-0.2, 0) is 11.3 Å². The van der Waals surface area contributed by atoms with E-state index in [1.165, 1.54) is 4.90 Å². The van der Waals surface area contributed by atoms with E-state index in [1.54, 1.807) is 12.2 Å². The van der Waals surface area contributed by atoms with E-state index in [-0.39, 0.29) is 17.7 Å². The number of carbonyl (C=O) groups excluding carboxylic acids is 2. The van der Waals surface area contributed by atoms with Crippen molar-refractivity contribution in [1.29, 1.82) is 0 Å². The molecule has 28 heavy (non-hydrogen) atoms. The van der Waals surface area contributed by atoms with E-state index in [1.807, 2.05) is 43.3 Å². The third-order valence-electron chi connectivity index (χ3n) is 3.96. The van der Waals surface area contributed by atoms with Gasteiger partial charge in [0.1, 0.15) is 12.4 Å². The minimum absolute atomic E-state index is 0.262. The molecule has 2 amide bonds. The Balaban J connectivity index is 1.82. The number of thioether (sulfide) groups is 1. The number of halogens is 2. The second kappa shape index (κ2) is 9.11. The number of aryl methyl sites for hydroxylation is 1. The third kappa shape index (κ3) is 4.77. The first-order valence-electron chi connectivity index (χ1n) is 8.42. The zero-order valence-corrected chi connectivity index (χ0v) is 19.1. The molecule has 0 unspecified atom stereocenters. The molecule has 0 N–H and O–H groups in total. The fourth-order valence-electron chi connectivity index (χ4n) is 2.72. The number of hydrogen-bond acceptors (Lipinski definition) is 4. The standard InChI is InChI=1S/C21H17Br2NO3S/c1-3-7-27-19-16(22)9-15(10-17(19)23)11-18-20(25)24(21(26)28-18)12-14-6-4-5-13(2)8-14/h3-6,8-11H,1,7,12H2,2H3/b18-11-. The van der Waals surface area contributed by atoms with Crippen molar-refractivity contribution >= 4 is 60.8 Å². The molecule has 1 heterocycles. The summed E-state index contributed by atoms with van der Waals surface area (Å²) in [6.45, 7) is 6.27. The summed E-state index contributed by atoms with van der Waals surface area (Å²) >= 11 is 7.91. The van der Waals surface area contributed by atoms with Crippen molar-refractivity contribution in [3.05, 3.63) is 79.6 Å². The van der Waals surface area contributed by atoms with Gasteiger partial charge in [-0.05, 0) is 79.9 Å². The molecule has 0 bridgehead atoms. The Bertz CT molecular complexity index is 964. The number of ether oxygens (including phenoxy) is 1. The van der Waals surface area contributed by atoms with Crippen LogP contribution in [0, 0.1) is 6.92 Å². The monoisotopic (exact) mass is 521 g/mol. The maximum atomic E-state index is 12.7. The van der Waals surface area contributed by atoms with Gasteiger partial charge in [0.2, 0.25) is 0 Å². The number of hydrogen-bond donors (Lipinski definition) is 0. The van der Waals surface area contributed by atoms with Crippen molar-refractivity contribution in [3.8, 4) is 5.75 Å². The molecule has 0 atom stereocenters. The van der Waals surface area contributed by atoms with Gasteiger partial charge in [-0.1, -0.05) is 42.5 Å². The van der Waals surface area contributed by atoms with Gasteiger partial charge in [-0.25, -0.2) is 0 Å². The average Bonchev–Trinajstić information content (AvgIpc) is 2.89. The fourth-order valence-corrected chi connectivity index (χ4v) is 5.01. The summed E-state index contributed by atoms with van der Waals surface area (Å²) < 4.78 is 7.09. The lowest BCUT2D eigenvalue weighted by Gasteiger charge is -2.13. The smallest absolute Gasteiger partial charge is 0.293 e. The number of benzene rings is 2. The molecule has 0 saturated carbocycles. The highest BCUT2D eigenvalue weighted by Gasteiger charge is 2.35. The van der Waals surface area contributed by atoms with E-state index in [4.69, 9.17) is 4.74 Å². The van der Waals surface area contributed by atoms with E-state index >= 15 is 0 Å². The molecule has 7 heteroatoms. The maximum Gasteiger partial charge on any atom is 0.293 e. The van der Waals surface area contributed by atoms with Gasteiger partial charge in [-0.15, -0.1) is 0 Å². The SMILES string of the molecule is C=CCOc1c(Br)cc(/C=C2\SC(=O)N(Cc3cccc(C)c3)C2=O)cc1Br. The van der Waals surface area contributed by atoms with Crippen LogP contribution in [0.3, 0.4) is 0 Å². The van der Waals surface area contributed by atoms with Crippen LogP contribution in [0.1, 0.15) is 16.7 Å². The van der Waals surface area contributed by atoms with Crippen molar-refractivity contribution in [2.75, 3.05) is 6.61 Å². The Kier molecular flexibility index (Phi) is 6.80. The van der Waals surface area contributed by atoms with Crippen molar-refractivity contribution in [2.45, 2.75) is 13.5 Å². The molecule has 1 saturated heterocycles. The Hall–Kier alpha value is -1.83. The topological polar surface area (TPSA) is 46.6 Å². The summed E-state index contributed by atoms with van der Waals surface area (Å²) in [5.41, 5.74) is 2.80. The summed E-state index contributed by atoms with van der Waals surface area (Å²) in [6.07, 6.45) is 3.38. The summed E-state index contributed by atoms with van der Waals surface area (Å²) in [4.78, 5) is 26.8. The van der Waals surface area contributed by atoms with Crippen LogP contribution >= 0.6 is 43.6 Å². The first kappa shape index (κ1) is 20.9. The normalized spacial score (nSPS) is 15.4. The van der Waals surface area contributed by atoms with Gasteiger partial charge in [0, 0.05) is 0 Å². The zero-order chi connectivity index (χ0) is 20.3. The molecule has 0 aromatic heterocycles. The lowest BCUT2D eigenvalue weighted by atomic mass is 10.1. The minimum atomic E-state index is -0.282. The van der Waals surface area contributed by atoms with Crippen molar-refractivity contribution in [1.82, 2.24) is 4.90 Å². The van der Waals surface area contributed by atoms with Crippen molar-refractivity contribution in [3.63, 3.8) is 0 Å². The summed E-state index contributed by atoms with van der Waals surface area (Å²) in [7, 11) is 0. The van der Waals surface area contributed by atoms with Crippen LogP contribution in [0.2, 0.25) is 0 Å². The van der Waals surface area contributed by atoms with Crippen LogP contribution in [0.4, 0.5) is 4.79 Å². The molecule has 4 nitrogen and oxygen atoms in total.